The summed E-state index contributed by atoms with van der Waals surface area (Å²) in [6.45, 7) is 8.11. The lowest BCUT2D eigenvalue weighted by molar-refractivity contribution is -0.207. The number of fused-ring (bicyclic) bond motifs is 5. The van der Waals surface area contributed by atoms with E-state index < -0.39 is 46.0 Å². The molecule has 1 amide bonds. The molecular weight excluding hydrogens is 522 g/mol. The monoisotopic (exact) mass is 573 g/mol. The number of amides is 1. The maximum absolute atomic E-state index is 12.3. The minimum Gasteiger partial charge on any atom is -0.393 e. The van der Waals surface area contributed by atoms with Gasteiger partial charge in [-0.3, -0.25) is 9.35 Å². The molecule has 6 N–H and O–H groups in total. The van der Waals surface area contributed by atoms with Crippen molar-refractivity contribution >= 4 is 16.0 Å². The summed E-state index contributed by atoms with van der Waals surface area (Å²) in [7, 11) is -4.16. The Balaban J connectivity index is 1.39. The summed E-state index contributed by atoms with van der Waals surface area (Å²) in [5, 5.41) is 46.6. The van der Waals surface area contributed by atoms with Crippen molar-refractivity contribution in [3.05, 3.63) is 0 Å². The van der Waals surface area contributed by atoms with Crippen LogP contribution < -0.4 is 5.32 Å². The first-order valence-electron chi connectivity index (χ1n) is 15.0. The second-order valence-corrected chi connectivity index (χ2v) is 15.6. The largest absolute Gasteiger partial charge is 0.393 e. The van der Waals surface area contributed by atoms with E-state index in [1.807, 2.05) is 0 Å². The maximum atomic E-state index is 12.3. The third kappa shape index (κ3) is 5.93. The summed E-state index contributed by atoms with van der Waals surface area (Å²) in [5.41, 5.74) is -0.278. The number of hydrogen-bond donors (Lipinski definition) is 6. The summed E-state index contributed by atoms with van der Waals surface area (Å²) in [5.74, 6) is -0.345. The lowest BCUT2D eigenvalue weighted by atomic mass is 9.43. The van der Waals surface area contributed by atoms with Crippen LogP contribution in [0.25, 0.3) is 0 Å². The molecule has 4 fully saturated rings. The second-order valence-electron chi connectivity index (χ2n) is 14.0. The highest BCUT2D eigenvalue weighted by atomic mass is 32.2. The lowest BCUT2D eigenvalue weighted by Crippen LogP contribution is -2.62. The Morgan fingerprint density at radius 2 is 1.69 bits per heavy atom. The van der Waals surface area contributed by atoms with E-state index in [1.54, 1.807) is 6.92 Å². The van der Waals surface area contributed by atoms with E-state index in [0.29, 0.717) is 25.2 Å². The summed E-state index contributed by atoms with van der Waals surface area (Å²) >= 11 is 0. The van der Waals surface area contributed by atoms with Gasteiger partial charge in [0, 0.05) is 6.54 Å². The molecular formula is C29H51NO8S. The van der Waals surface area contributed by atoms with Gasteiger partial charge in [0.25, 0.3) is 10.1 Å². The molecule has 0 aromatic rings. The van der Waals surface area contributed by atoms with Crippen LogP contribution in [0.3, 0.4) is 0 Å². The highest BCUT2D eigenvalue weighted by molar-refractivity contribution is 7.85. The van der Waals surface area contributed by atoms with E-state index in [0.717, 1.165) is 38.5 Å². The predicted molar refractivity (Wildman–Crippen MR) is 147 cm³/mol. The van der Waals surface area contributed by atoms with Crippen molar-refractivity contribution in [3.63, 3.8) is 0 Å². The van der Waals surface area contributed by atoms with Gasteiger partial charge in [-0.25, -0.2) is 0 Å². The number of nitrogens with one attached hydrogen (secondary N) is 1. The normalized spacial score (nSPS) is 44.4. The molecule has 0 heterocycles. The molecule has 1 unspecified atom stereocenters. The van der Waals surface area contributed by atoms with Crippen LogP contribution in [0.5, 0.6) is 0 Å². The van der Waals surface area contributed by atoms with E-state index in [2.05, 4.69) is 26.1 Å². The second kappa shape index (κ2) is 11.5. The molecule has 0 bridgehead atoms. The topological polar surface area (TPSA) is 164 Å². The quantitative estimate of drug-likeness (QED) is 0.229. The first-order valence-corrected chi connectivity index (χ1v) is 16.7. The van der Waals surface area contributed by atoms with Gasteiger partial charge in [0.05, 0.1) is 36.1 Å². The number of carbonyl (C=O) groups excluding carboxylic acids is 1. The Labute approximate surface area is 233 Å². The molecule has 4 saturated carbocycles. The van der Waals surface area contributed by atoms with Crippen LogP contribution in [0.15, 0.2) is 0 Å². The first kappa shape index (κ1) is 31.2. The number of carbonyl (C=O) groups is 1. The van der Waals surface area contributed by atoms with Gasteiger partial charge in [-0.1, -0.05) is 27.7 Å². The molecule has 0 saturated heterocycles. The van der Waals surface area contributed by atoms with Crippen LogP contribution in [0.4, 0.5) is 0 Å². The van der Waals surface area contributed by atoms with E-state index in [9.17, 15) is 33.6 Å². The molecule has 10 heteroatoms. The van der Waals surface area contributed by atoms with Gasteiger partial charge in [-0.05, 0) is 104 Å². The highest BCUT2D eigenvalue weighted by Crippen LogP contribution is 2.68. The fraction of sp³-hybridized carbons (Fsp3) is 0.966. The number of hydrogen-bond acceptors (Lipinski definition) is 7. The number of aliphatic hydroxyl groups excluding tert-OH is 4. The summed E-state index contributed by atoms with van der Waals surface area (Å²) in [6, 6.07) is 0. The summed E-state index contributed by atoms with van der Waals surface area (Å²) < 4.78 is 30.6. The molecule has 4 aliphatic carbocycles. The van der Waals surface area contributed by atoms with Gasteiger partial charge < -0.3 is 25.7 Å². The van der Waals surface area contributed by atoms with Crippen molar-refractivity contribution in [1.29, 1.82) is 0 Å². The Bertz CT molecular complexity index is 992. The van der Waals surface area contributed by atoms with Crippen LogP contribution >= 0.6 is 0 Å². The Kier molecular flexibility index (Phi) is 9.17. The fourth-order valence-electron chi connectivity index (χ4n) is 9.66. The Morgan fingerprint density at radius 3 is 2.36 bits per heavy atom. The van der Waals surface area contributed by atoms with Crippen molar-refractivity contribution in [2.75, 3.05) is 12.3 Å². The van der Waals surface area contributed by atoms with Crippen molar-refractivity contribution in [1.82, 2.24) is 5.32 Å². The van der Waals surface area contributed by atoms with E-state index >= 15 is 0 Å². The third-order valence-corrected chi connectivity index (χ3v) is 12.8. The lowest BCUT2D eigenvalue weighted by Gasteiger charge is -2.63. The van der Waals surface area contributed by atoms with Gasteiger partial charge in [0.15, 0.2) is 0 Å². The molecule has 13 atom stereocenters. The Hall–Kier alpha value is -0.780. The SMILES string of the molecule is C[C@H](C(=O)NCCS(=O)(=O)O)C(O)CC[C@@H](C)[C@H]1CC[C@H]2[C@@H]3[C@H](O)C[C@@H]4C[C@H](O)CC[C@]4(C)[C@H]3C[C@H](O)[C@]12C. The van der Waals surface area contributed by atoms with Crippen LogP contribution in [0.1, 0.15) is 85.5 Å². The Morgan fingerprint density at radius 1 is 1.00 bits per heavy atom. The van der Waals surface area contributed by atoms with Gasteiger partial charge in [-0.2, -0.15) is 8.42 Å². The minimum absolute atomic E-state index is 0.0390. The van der Waals surface area contributed by atoms with E-state index in [4.69, 9.17) is 4.55 Å². The summed E-state index contributed by atoms with van der Waals surface area (Å²) in [6.07, 6.45) is 4.89. The molecule has 0 radical (unpaired) electrons. The van der Waals surface area contributed by atoms with Crippen LogP contribution in [0, 0.1) is 52.3 Å². The average molecular weight is 574 g/mol. The van der Waals surface area contributed by atoms with Gasteiger partial charge in [0.2, 0.25) is 5.91 Å². The van der Waals surface area contributed by atoms with E-state index in [-0.39, 0.29) is 53.1 Å². The molecule has 4 aliphatic rings. The first-order chi connectivity index (χ1) is 18.1. The fourth-order valence-corrected chi connectivity index (χ4v) is 10.0. The van der Waals surface area contributed by atoms with Crippen molar-refractivity contribution in [2.24, 2.45) is 52.3 Å². The molecule has 0 aliphatic heterocycles. The average Bonchev–Trinajstić information content (AvgIpc) is 3.21. The standard InChI is InChI=1S/C29H51NO8S/c1-16(5-8-23(32)17(2)27(35)30-11-12-39(36,37)38)20-6-7-21-26-22(15-25(34)29(20,21)4)28(3)10-9-19(31)13-18(28)14-24(26)33/h16-26,31-34H,5-15H2,1-4H3,(H,30,35)(H,36,37,38)/t16-,17+,18+,19-,20-,21+,22+,23?,24-,25+,26+,28+,29-/m1/s1. The van der Waals surface area contributed by atoms with Crippen molar-refractivity contribution < 1.29 is 38.2 Å². The zero-order valence-electron chi connectivity index (χ0n) is 24.0. The van der Waals surface area contributed by atoms with Gasteiger partial charge in [0.1, 0.15) is 0 Å². The number of rotatable bonds is 9. The highest BCUT2D eigenvalue weighted by Gasteiger charge is 2.65. The summed E-state index contributed by atoms with van der Waals surface area (Å²) in [4.78, 5) is 12.3. The third-order valence-electron chi connectivity index (χ3n) is 12.1. The molecule has 0 spiro atoms. The van der Waals surface area contributed by atoms with Crippen LogP contribution in [0.2, 0.25) is 0 Å². The maximum Gasteiger partial charge on any atom is 0.266 e. The van der Waals surface area contributed by atoms with Crippen molar-refractivity contribution in [2.45, 2.75) is 110 Å². The molecule has 0 aromatic heterocycles. The molecule has 4 rings (SSSR count). The molecule has 39 heavy (non-hydrogen) atoms. The number of aliphatic hydroxyl groups is 4. The van der Waals surface area contributed by atoms with Gasteiger partial charge >= 0.3 is 0 Å². The molecule has 0 aromatic carbocycles. The molecule has 226 valence electrons. The van der Waals surface area contributed by atoms with Gasteiger partial charge in [-0.15, -0.1) is 0 Å². The van der Waals surface area contributed by atoms with Crippen LogP contribution in [-0.2, 0) is 14.9 Å². The molecule has 9 nitrogen and oxygen atoms in total. The zero-order valence-corrected chi connectivity index (χ0v) is 24.8. The van der Waals surface area contributed by atoms with Crippen molar-refractivity contribution in [3.8, 4) is 0 Å². The predicted octanol–water partition coefficient (Wildman–Crippen LogP) is 2.37. The van der Waals surface area contributed by atoms with Crippen LogP contribution in [-0.4, -0.2) is 76.0 Å². The smallest absolute Gasteiger partial charge is 0.266 e. The minimum atomic E-state index is -4.16. The van der Waals surface area contributed by atoms with E-state index in [1.165, 1.54) is 0 Å². The zero-order chi connectivity index (χ0) is 28.9.